The molecule has 0 saturated heterocycles. The summed E-state index contributed by atoms with van der Waals surface area (Å²) in [6, 6.07) is 11.7. The number of sulfonamides is 1. The van der Waals surface area contributed by atoms with Crippen LogP contribution in [0.2, 0.25) is 5.02 Å². The van der Waals surface area contributed by atoms with E-state index in [0.717, 1.165) is 11.1 Å². The Morgan fingerprint density at radius 3 is 2.83 bits per heavy atom. The highest BCUT2D eigenvalue weighted by Crippen LogP contribution is 2.27. The second-order valence-electron chi connectivity index (χ2n) is 6.79. The normalized spacial score (nSPS) is 15.4. The van der Waals surface area contributed by atoms with Crippen LogP contribution in [0.15, 0.2) is 58.9 Å². The molecule has 4 rings (SSSR count). The van der Waals surface area contributed by atoms with Crippen LogP contribution in [0.1, 0.15) is 12.6 Å². The minimum absolute atomic E-state index is 0. The Bertz CT molecular complexity index is 1170. The summed E-state index contributed by atoms with van der Waals surface area (Å²) >= 11 is 7.12. The van der Waals surface area contributed by atoms with Gasteiger partial charge in [0, 0.05) is 24.1 Å². The van der Waals surface area contributed by atoms with Crippen LogP contribution in [0.3, 0.4) is 0 Å². The molecule has 2 aromatic carbocycles. The van der Waals surface area contributed by atoms with Crippen molar-refractivity contribution in [1.82, 2.24) is 10.3 Å². The van der Waals surface area contributed by atoms with Gasteiger partial charge in [-0.3, -0.25) is 9.52 Å². The zero-order valence-corrected chi connectivity index (χ0v) is 18.1. The number of carbonyl (C=O) groups is 1. The first-order valence-electron chi connectivity index (χ1n) is 9.11. The molecule has 0 fully saturated rings. The van der Waals surface area contributed by atoms with Crippen molar-refractivity contribution in [1.29, 1.82) is 0 Å². The van der Waals surface area contributed by atoms with Crippen molar-refractivity contribution >= 4 is 44.0 Å². The highest BCUT2D eigenvalue weighted by Gasteiger charge is 2.25. The van der Waals surface area contributed by atoms with Gasteiger partial charge in [0.1, 0.15) is 5.75 Å². The van der Waals surface area contributed by atoms with Gasteiger partial charge >= 0.3 is 0 Å². The Kier molecular flexibility index (Phi) is 5.94. The molecule has 1 unspecified atom stereocenters. The molecule has 1 aliphatic carbocycles. The quantitative estimate of drug-likeness (QED) is 0.556. The van der Waals surface area contributed by atoms with Gasteiger partial charge in [-0.2, -0.15) is 0 Å². The molecule has 1 aliphatic rings. The zero-order valence-electron chi connectivity index (χ0n) is 15.7. The molecule has 1 heterocycles. The molecule has 7 nitrogen and oxygen atoms in total. The van der Waals surface area contributed by atoms with Crippen molar-refractivity contribution < 1.29 is 19.4 Å². The third-order valence-corrected chi connectivity index (χ3v) is 7.00. The summed E-state index contributed by atoms with van der Waals surface area (Å²) < 4.78 is 33.1. The molecule has 3 aromatic rings. The molecule has 0 aliphatic heterocycles. The third kappa shape index (κ3) is 4.92. The van der Waals surface area contributed by atoms with Crippen molar-refractivity contribution in [2.75, 3.05) is 11.3 Å². The van der Waals surface area contributed by atoms with Crippen molar-refractivity contribution in [3.05, 3.63) is 70.2 Å². The smallest absolute Gasteiger partial charge is 0.263 e. The number of hydrogen-bond acceptors (Lipinski definition) is 6. The largest absolute Gasteiger partial charge is 0.484 e. The van der Waals surface area contributed by atoms with Gasteiger partial charge in [-0.1, -0.05) is 23.7 Å². The minimum atomic E-state index is -3.71. The molecule has 1 atom stereocenters. The van der Waals surface area contributed by atoms with E-state index in [1.165, 1.54) is 17.5 Å². The Hall–Kier alpha value is -2.62. The van der Waals surface area contributed by atoms with E-state index in [0.29, 0.717) is 28.7 Å². The molecule has 0 bridgehead atoms. The number of hydrogen-bond donors (Lipinski definition) is 2. The van der Waals surface area contributed by atoms with Crippen molar-refractivity contribution in [3.63, 3.8) is 0 Å². The summed E-state index contributed by atoms with van der Waals surface area (Å²) in [4.78, 5) is 16.4. The lowest BCUT2D eigenvalue weighted by atomic mass is 10.1. The Balaban J connectivity index is 0.00000272. The molecular formula is C20H20ClN3O4S2. The van der Waals surface area contributed by atoms with Crippen molar-refractivity contribution in [2.45, 2.75) is 23.8 Å². The lowest BCUT2D eigenvalue weighted by Gasteiger charge is -2.12. The Morgan fingerprint density at radius 2 is 2.07 bits per heavy atom. The van der Waals surface area contributed by atoms with Crippen LogP contribution in [0, 0.1) is 0 Å². The number of benzene rings is 2. The fraction of sp³-hybridized carbons (Fsp3) is 0.200. The number of nitrogens with one attached hydrogen (secondary N) is 2. The van der Waals surface area contributed by atoms with Crippen LogP contribution >= 0.6 is 22.9 Å². The molecule has 30 heavy (non-hydrogen) atoms. The number of carbonyl (C=O) groups excluding carboxylic acids is 1. The van der Waals surface area contributed by atoms with Gasteiger partial charge in [0.2, 0.25) is 0 Å². The molecule has 0 radical (unpaired) electrons. The maximum Gasteiger partial charge on any atom is 0.263 e. The molecule has 2 N–H and O–H groups in total. The summed E-state index contributed by atoms with van der Waals surface area (Å²) in [6.07, 6.45) is 2.73. The van der Waals surface area contributed by atoms with Gasteiger partial charge in [-0.15, -0.1) is 11.3 Å². The first-order valence-corrected chi connectivity index (χ1v) is 11.8. The average Bonchev–Trinajstić information content (AvgIpc) is 3.34. The first-order chi connectivity index (χ1) is 14.4. The van der Waals surface area contributed by atoms with Crippen LogP contribution in [-0.2, 0) is 27.7 Å². The van der Waals surface area contributed by atoms with Crippen LogP contribution in [0.25, 0.3) is 0 Å². The van der Waals surface area contributed by atoms with Crippen LogP contribution in [-0.4, -0.2) is 32.0 Å². The molecule has 158 valence electrons. The summed E-state index contributed by atoms with van der Waals surface area (Å²) in [6.45, 7) is -0.120. The Morgan fingerprint density at radius 1 is 1.23 bits per heavy atom. The van der Waals surface area contributed by atoms with Crippen LogP contribution in [0.5, 0.6) is 5.75 Å². The molecule has 10 heteroatoms. The van der Waals surface area contributed by atoms with Crippen molar-refractivity contribution in [3.8, 4) is 5.75 Å². The molecule has 1 aromatic heterocycles. The zero-order chi connectivity index (χ0) is 21.1. The monoisotopic (exact) mass is 465 g/mol. The fourth-order valence-electron chi connectivity index (χ4n) is 3.29. The maximum absolute atomic E-state index is 12.6. The van der Waals surface area contributed by atoms with E-state index in [9.17, 15) is 13.2 Å². The number of amides is 1. The second-order valence-corrected chi connectivity index (χ2v) is 9.81. The van der Waals surface area contributed by atoms with Gasteiger partial charge in [0.15, 0.2) is 11.7 Å². The van der Waals surface area contributed by atoms with E-state index in [2.05, 4.69) is 15.0 Å². The number of thiazole rings is 1. The molecule has 0 spiro atoms. The molecule has 1 amide bonds. The highest BCUT2D eigenvalue weighted by molar-refractivity contribution is 7.93. The number of ether oxygens (including phenoxy) is 1. The molecule has 0 saturated carbocycles. The minimum Gasteiger partial charge on any atom is -0.484 e. The SMILES string of the molecule is O=C(COc1cccc(Cl)c1)NC1Cc2ccc(S(=O)(=O)Nc3nccs3)cc2C1.[HH]. The van der Waals surface area contributed by atoms with E-state index in [4.69, 9.17) is 16.3 Å². The summed E-state index contributed by atoms with van der Waals surface area (Å²) in [5.41, 5.74) is 1.92. The number of halogens is 1. The summed E-state index contributed by atoms with van der Waals surface area (Å²) in [5, 5.41) is 5.49. The summed E-state index contributed by atoms with van der Waals surface area (Å²) in [5.74, 6) is 0.279. The third-order valence-electron chi connectivity index (χ3n) is 4.61. The standard InChI is InChI=1S/C20H18ClN3O4S2.H2/c21-15-2-1-3-17(11-15)28-12-19(25)23-16-8-13-4-5-18(10-14(13)9-16)30(26,27)24-20-22-6-7-29-20;/h1-7,10-11,16H,8-9,12H2,(H,22,24)(H,23,25);1H. The predicted molar refractivity (Wildman–Crippen MR) is 118 cm³/mol. The average molecular weight is 466 g/mol. The number of nitrogens with zero attached hydrogens (tertiary/aromatic N) is 1. The van der Waals surface area contributed by atoms with E-state index < -0.39 is 10.0 Å². The lowest BCUT2D eigenvalue weighted by Crippen LogP contribution is -2.38. The maximum atomic E-state index is 12.6. The van der Waals surface area contributed by atoms with Gasteiger partial charge in [-0.25, -0.2) is 13.4 Å². The Labute approximate surface area is 184 Å². The summed E-state index contributed by atoms with van der Waals surface area (Å²) in [7, 11) is -3.71. The molecular weight excluding hydrogens is 446 g/mol. The topological polar surface area (TPSA) is 97.4 Å². The fourth-order valence-corrected chi connectivity index (χ4v) is 5.31. The lowest BCUT2D eigenvalue weighted by molar-refractivity contribution is -0.123. The van der Waals surface area contributed by atoms with Gasteiger partial charge < -0.3 is 10.1 Å². The van der Waals surface area contributed by atoms with E-state index in [1.807, 2.05) is 0 Å². The van der Waals surface area contributed by atoms with Crippen LogP contribution in [0.4, 0.5) is 5.13 Å². The van der Waals surface area contributed by atoms with E-state index in [-0.39, 0.29) is 24.9 Å². The van der Waals surface area contributed by atoms with Gasteiger partial charge in [-0.05, 0) is 54.3 Å². The number of rotatable bonds is 7. The van der Waals surface area contributed by atoms with E-state index in [1.54, 1.807) is 47.8 Å². The second kappa shape index (κ2) is 8.63. The van der Waals surface area contributed by atoms with Crippen molar-refractivity contribution in [2.24, 2.45) is 0 Å². The number of fused-ring (bicyclic) bond motifs is 1. The highest BCUT2D eigenvalue weighted by atomic mass is 35.5. The number of aromatic nitrogens is 1. The van der Waals surface area contributed by atoms with Gasteiger partial charge in [0.25, 0.3) is 15.9 Å². The number of anilines is 1. The van der Waals surface area contributed by atoms with Crippen LogP contribution < -0.4 is 14.8 Å². The van der Waals surface area contributed by atoms with Gasteiger partial charge in [0.05, 0.1) is 4.90 Å². The first kappa shape index (κ1) is 20.6. The predicted octanol–water partition coefficient (Wildman–Crippen LogP) is 3.51. The van der Waals surface area contributed by atoms with E-state index >= 15 is 0 Å².